The van der Waals surface area contributed by atoms with Crippen molar-refractivity contribution in [3.63, 3.8) is 0 Å². The van der Waals surface area contributed by atoms with Crippen LogP contribution in [0.1, 0.15) is 37.8 Å². The van der Waals surface area contributed by atoms with E-state index in [0.717, 1.165) is 24.8 Å². The van der Waals surface area contributed by atoms with Crippen LogP contribution in [0.2, 0.25) is 0 Å². The Kier molecular flexibility index (Phi) is 3.45. The third-order valence-corrected chi connectivity index (χ3v) is 3.32. The molecule has 0 fully saturated rings. The van der Waals surface area contributed by atoms with E-state index in [4.69, 9.17) is 0 Å². The van der Waals surface area contributed by atoms with Crippen LogP contribution in [0, 0.1) is 5.92 Å². The average Bonchev–Trinajstić information content (AvgIpc) is 2.29. The average molecular weight is 216 g/mol. The van der Waals surface area contributed by atoms with E-state index in [9.17, 15) is 5.11 Å². The summed E-state index contributed by atoms with van der Waals surface area (Å²) in [6.45, 7) is 4.60. The summed E-state index contributed by atoms with van der Waals surface area (Å²) in [5.74, 6) is 0.641. The van der Waals surface area contributed by atoms with Gasteiger partial charge in [0.15, 0.2) is 0 Å². The molecule has 1 N–H and O–H groups in total. The van der Waals surface area contributed by atoms with Crippen molar-refractivity contribution in [1.82, 2.24) is 0 Å². The Balaban J connectivity index is 2.65. The van der Waals surface area contributed by atoms with E-state index < -0.39 is 0 Å². The molecule has 0 aliphatic heterocycles. The quantitative estimate of drug-likeness (QED) is 0.816. The monoisotopic (exact) mass is 216 g/mol. The predicted octanol–water partition coefficient (Wildman–Crippen LogP) is 1.73. The number of rotatable bonds is 3. The zero-order valence-electron chi connectivity index (χ0n) is 10.2. The number of aliphatic hydroxyl groups excluding tert-OH is 1. The summed E-state index contributed by atoms with van der Waals surface area (Å²) in [6.07, 6.45) is 8.00. The van der Waals surface area contributed by atoms with E-state index >= 15 is 0 Å². The Morgan fingerprint density at radius 2 is 2.19 bits per heavy atom. The molecule has 1 heteroatoms. The number of hydrogen-bond acceptors (Lipinski definition) is 1. The molecule has 2 rings (SSSR count). The molecule has 1 nitrogen and oxygen atoms in total. The van der Waals surface area contributed by atoms with Gasteiger partial charge in [-0.25, -0.2) is 0 Å². The van der Waals surface area contributed by atoms with Crippen molar-refractivity contribution >= 4 is 12.2 Å². The van der Waals surface area contributed by atoms with Gasteiger partial charge in [0.05, 0.1) is 6.61 Å². The first-order valence-electron chi connectivity index (χ1n) is 6.20. The van der Waals surface area contributed by atoms with Crippen LogP contribution in [-0.4, -0.2) is 5.11 Å². The van der Waals surface area contributed by atoms with E-state index in [-0.39, 0.29) is 6.61 Å². The van der Waals surface area contributed by atoms with Gasteiger partial charge in [-0.05, 0) is 40.3 Å². The summed E-state index contributed by atoms with van der Waals surface area (Å²) >= 11 is 0. The first kappa shape index (κ1) is 11.4. The van der Waals surface area contributed by atoms with Crippen molar-refractivity contribution in [3.8, 4) is 0 Å². The van der Waals surface area contributed by atoms with Crippen LogP contribution in [-0.2, 0) is 13.0 Å². The first-order chi connectivity index (χ1) is 7.76. The molecular weight excluding hydrogens is 196 g/mol. The van der Waals surface area contributed by atoms with Gasteiger partial charge in [0.1, 0.15) is 0 Å². The molecule has 0 amide bonds. The van der Waals surface area contributed by atoms with Crippen LogP contribution >= 0.6 is 0 Å². The van der Waals surface area contributed by atoms with Crippen LogP contribution in [0.5, 0.6) is 0 Å². The maximum Gasteiger partial charge on any atom is 0.0684 e. The highest BCUT2D eigenvalue weighted by Crippen LogP contribution is 2.10. The van der Waals surface area contributed by atoms with Gasteiger partial charge in [-0.3, -0.25) is 0 Å². The second kappa shape index (κ2) is 4.84. The summed E-state index contributed by atoms with van der Waals surface area (Å²) in [5, 5.41) is 12.1. The molecule has 1 aromatic carbocycles. The smallest absolute Gasteiger partial charge is 0.0684 e. The molecule has 1 aromatic rings. The molecule has 0 bridgehead atoms. The van der Waals surface area contributed by atoms with Crippen LogP contribution in [0.3, 0.4) is 0 Å². The molecule has 86 valence electrons. The van der Waals surface area contributed by atoms with Gasteiger partial charge in [-0.15, -0.1) is 0 Å². The largest absolute Gasteiger partial charge is 0.392 e. The van der Waals surface area contributed by atoms with E-state index in [2.05, 4.69) is 38.1 Å². The molecule has 0 aromatic heterocycles. The summed E-state index contributed by atoms with van der Waals surface area (Å²) in [6, 6.07) is 4.22. The Morgan fingerprint density at radius 1 is 1.38 bits per heavy atom. The zero-order chi connectivity index (χ0) is 11.5. The summed E-state index contributed by atoms with van der Waals surface area (Å²) in [5.41, 5.74) is 2.45. The second-order valence-corrected chi connectivity index (χ2v) is 4.70. The highest BCUT2D eigenvalue weighted by molar-refractivity contribution is 5.45. The fraction of sp³-hybridized carbons (Fsp3) is 0.467. The van der Waals surface area contributed by atoms with E-state index in [0.29, 0.717) is 5.92 Å². The fourth-order valence-electron chi connectivity index (χ4n) is 2.49. The standard InChI is InChI=1S/C15H20O/c1-3-4-14-13(10-16)7-6-12-9-11(2)5-8-15(12)14/h6-9,11,16H,3-5,10H2,1-2H3. The molecule has 0 saturated carbocycles. The van der Waals surface area contributed by atoms with Crippen molar-refractivity contribution in [2.24, 2.45) is 5.92 Å². The van der Waals surface area contributed by atoms with Crippen molar-refractivity contribution < 1.29 is 5.11 Å². The lowest BCUT2D eigenvalue weighted by atomic mass is 9.92. The molecule has 16 heavy (non-hydrogen) atoms. The van der Waals surface area contributed by atoms with Crippen molar-refractivity contribution in [1.29, 1.82) is 0 Å². The summed E-state index contributed by atoms with van der Waals surface area (Å²) in [7, 11) is 0. The second-order valence-electron chi connectivity index (χ2n) is 4.70. The number of fused-ring (bicyclic) bond motifs is 1. The van der Waals surface area contributed by atoms with Crippen molar-refractivity contribution in [3.05, 3.63) is 33.7 Å². The Bertz CT molecular complexity index is 485. The minimum absolute atomic E-state index is 0.159. The zero-order valence-corrected chi connectivity index (χ0v) is 10.2. The van der Waals surface area contributed by atoms with E-state index in [1.807, 2.05) is 0 Å². The summed E-state index contributed by atoms with van der Waals surface area (Å²) in [4.78, 5) is 0. The van der Waals surface area contributed by atoms with Gasteiger partial charge in [0.25, 0.3) is 0 Å². The molecule has 1 aliphatic carbocycles. The Morgan fingerprint density at radius 3 is 2.88 bits per heavy atom. The molecule has 0 saturated heterocycles. The molecular formula is C15H20O. The number of aliphatic hydroxyl groups is 1. The minimum Gasteiger partial charge on any atom is -0.392 e. The molecule has 1 atom stereocenters. The SMILES string of the molecule is CCCc1c(CO)ccc2c1=CCC(C)C=2. The number of benzene rings is 1. The maximum atomic E-state index is 9.37. The van der Waals surface area contributed by atoms with Crippen LogP contribution < -0.4 is 10.4 Å². The molecule has 1 aliphatic rings. The van der Waals surface area contributed by atoms with Crippen LogP contribution in [0.4, 0.5) is 0 Å². The van der Waals surface area contributed by atoms with Gasteiger partial charge >= 0.3 is 0 Å². The van der Waals surface area contributed by atoms with Crippen LogP contribution in [0.25, 0.3) is 12.2 Å². The van der Waals surface area contributed by atoms with E-state index in [1.54, 1.807) is 0 Å². The highest BCUT2D eigenvalue weighted by Gasteiger charge is 2.08. The molecule has 1 unspecified atom stereocenters. The predicted molar refractivity (Wildman–Crippen MR) is 68.3 cm³/mol. The summed E-state index contributed by atoms with van der Waals surface area (Å²) < 4.78 is 0. The van der Waals surface area contributed by atoms with Gasteiger partial charge in [-0.2, -0.15) is 0 Å². The number of hydrogen-bond donors (Lipinski definition) is 1. The highest BCUT2D eigenvalue weighted by atomic mass is 16.3. The van der Waals surface area contributed by atoms with Crippen LogP contribution in [0.15, 0.2) is 12.1 Å². The van der Waals surface area contributed by atoms with Crippen molar-refractivity contribution in [2.75, 3.05) is 0 Å². The first-order valence-corrected chi connectivity index (χ1v) is 6.20. The van der Waals surface area contributed by atoms with Crippen molar-refractivity contribution in [2.45, 2.75) is 39.7 Å². The third kappa shape index (κ3) is 2.05. The molecule has 0 radical (unpaired) electrons. The topological polar surface area (TPSA) is 20.2 Å². The molecule has 0 heterocycles. The lowest BCUT2D eigenvalue weighted by Crippen LogP contribution is -2.33. The van der Waals surface area contributed by atoms with E-state index in [1.165, 1.54) is 16.0 Å². The lowest BCUT2D eigenvalue weighted by molar-refractivity contribution is 0.280. The van der Waals surface area contributed by atoms with Gasteiger partial charge in [-0.1, -0.05) is 44.6 Å². The Hall–Kier alpha value is -1.08. The normalized spacial score (nSPS) is 18.6. The maximum absolute atomic E-state index is 9.37. The third-order valence-electron chi connectivity index (χ3n) is 3.32. The fourth-order valence-corrected chi connectivity index (χ4v) is 2.49. The Labute approximate surface area is 97.1 Å². The minimum atomic E-state index is 0.159. The van der Waals surface area contributed by atoms with Gasteiger partial charge in [0, 0.05) is 0 Å². The lowest BCUT2D eigenvalue weighted by Gasteiger charge is -2.13. The van der Waals surface area contributed by atoms with Gasteiger partial charge in [0.2, 0.25) is 0 Å². The molecule has 0 spiro atoms. The van der Waals surface area contributed by atoms with Gasteiger partial charge < -0.3 is 5.11 Å².